The highest BCUT2D eigenvalue weighted by Gasteiger charge is 2.15. The number of nitrogens with zero attached hydrogens (tertiary/aromatic N) is 2. The molecule has 0 fully saturated rings. The third kappa shape index (κ3) is 8.78. The summed E-state index contributed by atoms with van der Waals surface area (Å²) in [6.45, 7) is 0.835. The second-order valence-corrected chi connectivity index (χ2v) is 11.5. The Labute approximate surface area is 305 Å². The lowest BCUT2D eigenvalue weighted by Crippen LogP contribution is -2.10. The molecule has 0 spiro atoms. The number of methoxy groups -OCH3 is 4. The minimum atomic E-state index is 0.418. The van der Waals surface area contributed by atoms with Crippen molar-refractivity contribution in [3.05, 3.63) is 158 Å². The SMILES string of the molecule is COc1ccc(N(c2ccc(OC)cc2)c2ccc(OCC=CCOc3ccc(N(c4ccc(OC)cc4)c4ccc(OC)cc4)cc3)cc2)cc1. The second-order valence-electron chi connectivity index (χ2n) is 11.5. The molecule has 0 unspecified atom stereocenters. The van der Waals surface area contributed by atoms with Crippen LogP contribution in [0.5, 0.6) is 34.5 Å². The number of hydrogen-bond acceptors (Lipinski definition) is 8. The highest BCUT2D eigenvalue weighted by molar-refractivity contribution is 5.78. The largest absolute Gasteiger partial charge is 0.497 e. The number of hydrogen-bond donors (Lipinski definition) is 0. The lowest BCUT2D eigenvalue weighted by atomic mass is 10.2. The van der Waals surface area contributed by atoms with Crippen molar-refractivity contribution in [2.24, 2.45) is 0 Å². The Hall–Kier alpha value is -6.54. The minimum Gasteiger partial charge on any atom is -0.497 e. The van der Waals surface area contributed by atoms with Gasteiger partial charge in [-0.05, 0) is 158 Å². The molecule has 8 nitrogen and oxygen atoms in total. The molecule has 0 heterocycles. The van der Waals surface area contributed by atoms with Gasteiger partial charge < -0.3 is 38.2 Å². The fourth-order valence-electron chi connectivity index (χ4n) is 5.63. The van der Waals surface area contributed by atoms with Crippen LogP contribution in [0.4, 0.5) is 34.1 Å². The summed E-state index contributed by atoms with van der Waals surface area (Å²) in [7, 11) is 6.66. The summed E-state index contributed by atoms with van der Waals surface area (Å²) in [5.74, 6) is 4.75. The van der Waals surface area contributed by atoms with Crippen LogP contribution < -0.4 is 38.2 Å². The fourth-order valence-corrected chi connectivity index (χ4v) is 5.63. The topological polar surface area (TPSA) is 61.9 Å². The maximum Gasteiger partial charge on any atom is 0.119 e. The third-order valence-corrected chi connectivity index (χ3v) is 8.37. The normalized spacial score (nSPS) is 10.8. The van der Waals surface area contributed by atoms with Crippen molar-refractivity contribution in [3.63, 3.8) is 0 Å². The highest BCUT2D eigenvalue weighted by Crippen LogP contribution is 2.38. The Morgan fingerprint density at radius 2 is 0.500 bits per heavy atom. The molecule has 6 rings (SSSR count). The van der Waals surface area contributed by atoms with Crippen molar-refractivity contribution in [1.82, 2.24) is 0 Å². The van der Waals surface area contributed by atoms with Gasteiger partial charge in [-0.1, -0.05) is 0 Å². The molecule has 0 aliphatic rings. The van der Waals surface area contributed by atoms with E-state index in [0.29, 0.717) is 13.2 Å². The molecule has 0 N–H and O–H groups in total. The van der Waals surface area contributed by atoms with Crippen LogP contribution in [0, 0.1) is 0 Å². The zero-order valence-electron chi connectivity index (χ0n) is 29.8. The molecule has 0 aromatic heterocycles. The van der Waals surface area contributed by atoms with Crippen LogP contribution in [0.25, 0.3) is 0 Å². The predicted molar refractivity (Wildman–Crippen MR) is 209 cm³/mol. The van der Waals surface area contributed by atoms with Gasteiger partial charge in [0.2, 0.25) is 0 Å². The van der Waals surface area contributed by atoms with Crippen LogP contribution in [-0.2, 0) is 0 Å². The molecule has 0 aliphatic carbocycles. The van der Waals surface area contributed by atoms with Gasteiger partial charge in [0.1, 0.15) is 47.7 Å². The Morgan fingerprint density at radius 1 is 0.308 bits per heavy atom. The van der Waals surface area contributed by atoms with Crippen LogP contribution in [0.1, 0.15) is 0 Å². The second kappa shape index (κ2) is 17.4. The lowest BCUT2D eigenvalue weighted by molar-refractivity contribution is 0.350. The molecule has 0 radical (unpaired) electrons. The highest BCUT2D eigenvalue weighted by atomic mass is 16.5. The first-order valence-corrected chi connectivity index (χ1v) is 16.9. The van der Waals surface area contributed by atoms with Crippen LogP contribution in [0.2, 0.25) is 0 Å². The summed E-state index contributed by atoms with van der Waals surface area (Å²) >= 11 is 0. The summed E-state index contributed by atoms with van der Waals surface area (Å²) in [5.41, 5.74) is 6.00. The molecule has 6 aromatic rings. The van der Waals surface area contributed by atoms with Gasteiger partial charge >= 0.3 is 0 Å². The van der Waals surface area contributed by atoms with E-state index in [-0.39, 0.29) is 0 Å². The smallest absolute Gasteiger partial charge is 0.119 e. The average molecular weight is 695 g/mol. The zero-order valence-corrected chi connectivity index (χ0v) is 29.8. The number of benzene rings is 6. The average Bonchev–Trinajstić information content (AvgIpc) is 3.21. The van der Waals surface area contributed by atoms with E-state index >= 15 is 0 Å². The molecule has 52 heavy (non-hydrogen) atoms. The molecule has 264 valence electrons. The summed E-state index contributed by atoms with van der Waals surface area (Å²) < 4.78 is 33.5. The summed E-state index contributed by atoms with van der Waals surface area (Å²) in [4.78, 5) is 4.34. The summed E-state index contributed by atoms with van der Waals surface area (Å²) in [6, 6.07) is 48.0. The van der Waals surface area contributed by atoms with Crippen LogP contribution in [-0.4, -0.2) is 41.7 Å². The van der Waals surface area contributed by atoms with E-state index in [1.54, 1.807) is 28.4 Å². The van der Waals surface area contributed by atoms with E-state index in [4.69, 9.17) is 28.4 Å². The van der Waals surface area contributed by atoms with E-state index in [1.807, 2.05) is 158 Å². The molecular weight excluding hydrogens is 652 g/mol. The maximum absolute atomic E-state index is 6.01. The van der Waals surface area contributed by atoms with E-state index in [1.165, 1.54) is 0 Å². The fraction of sp³-hybridized carbons (Fsp3) is 0.136. The molecule has 0 saturated carbocycles. The number of anilines is 6. The monoisotopic (exact) mass is 694 g/mol. The Morgan fingerprint density at radius 3 is 0.692 bits per heavy atom. The molecular formula is C44H42N2O6. The molecule has 0 bridgehead atoms. The number of ether oxygens (including phenoxy) is 6. The van der Waals surface area contributed by atoms with Crippen molar-refractivity contribution >= 4 is 34.1 Å². The Balaban J connectivity index is 1.05. The van der Waals surface area contributed by atoms with Crippen molar-refractivity contribution in [2.75, 3.05) is 51.5 Å². The van der Waals surface area contributed by atoms with Crippen molar-refractivity contribution < 1.29 is 28.4 Å². The van der Waals surface area contributed by atoms with Gasteiger partial charge in [-0.2, -0.15) is 0 Å². The van der Waals surface area contributed by atoms with Crippen molar-refractivity contribution in [3.8, 4) is 34.5 Å². The van der Waals surface area contributed by atoms with Crippen molar-refractivity contribution in [2.45, 2.75) is 0 Å². The van der Waals surface area contributed by atoms with Crippen molar-refractivity contribution in [1.29, 1.82) is 0 Å². The van der Waals surface area contributed by atoms with Gasteiger partial charge in [0.15, 0.2) is 0 Å². The maximum atomic E-state index is 6.01. The molecule has 0 atom stereocenters. The van der Waals surface area contributed by atoms with E-state index in [2.05, 4.69) is 9.80 Å². The zero-order chi connectivity index (χ0) is 36.1. The quantitative estimate of drug-likeness (QED) is 0.0928. The first kappa shape index (κ1) is 35.3. The van der Waals surface area contributed by atoms with Gasteiger partial charge in [-0.3, -0.25) is 0 Å². The van der Waals surface area contributed by atoms with Gasteiger partial charge in [-0.15, -0.1) is 0 Å². The molecule has 6 aromatic carbocycles. The minimum absolute atomic E-state index is 0.418. The standard InChI is InChI=1S/C44H42N2O6/c1-47-39-19-7-33(8-20-39)45(34-9-21-40(48-2)22-10-34)37-15-27-43(28-16-37)51-31-5-6-32-52-44-29-17-38(18-30-44)46(35-11-23-41(49-3)24-12-35)36-13-25-42(50-4)26-14-36/h5-30H,31-32H2,1-4H3. The van der Waals surface area contributed by atoms with Crippen LogP contribution in [0.3, 0.4) is 0 Å². The first-order valence-electron chi connectivity index (χ1n) is 16.9. The van der Waals surface area contributed by atoms with Crippen LogP contribution in [0.15, 0.2) is 158 Å². The predicted octanol–water partition coefficient (Wildman–Crippen LogP) is 10.7. The third-order valence-electron chi connectivity index (χ3n) is 8.37. The van der Waals surface area contributed by atoms with E-state index in [9.17, 15) is 0 Å². The molecule has 8 heteroatoms. The van der Waals surface area contributed by atoms with Gasteiger partial charge in [-0.25, -0.2) is 0 Å². The van der Waals surface area contributed by atoms with E-state index in [0.717, 1.165) is 68.6 Å². The number of rotatable bonds is 16. The molecule has 0 amide bonds. The first-order chi connectivity index (χ1) is 25.6. The van der Waals surface area contributed by atoms with E-state index < -0.39 is 0 Å². The Bertz CT molecular complexity index is 1750. The lowest BCUT2D eigenvalue weighted by Gasteiger charge is -2.26. The van der Waals surface area contributed by atoms with Gasteiger partial charge in [0.25, 0.3) is 0 Å². The summed E-state index contributed by atoms with van der Waals surface area (Å²) in [6.07, 6.45) is 3.91. The van der Waals surface area contributed by atoms with Gasteiger partial charge in [0.05, 0.1) is 28.4 Å². The molecule has 0 aliphatic heterocycles. The van der Waals surface area contributed by atoms with Gasteiger partial charge in [0, 0.05) is 34.1 Å². The Kier molecular flexibility index (Phi) is 11.8. The van der Waals surface area contributed by atoms with Crippen LogP contribution >= 0.6 is 0 Å². The molecule has 0 saturated heterocycles. The summed E-state index contributed by atoms with van der Waals surface area (Å²) in [5, 5.41) is 0.